The molecule has 0 amide bonds. The van der Waals surface area contributed by atoms with Gasteiger partial charge in [-0.1, -0.05) is 62.9 Å². The van der Waals surface area contributed by atoms with E-state index < -0.39 is 0 Å². The van der Waals surface area contributed by atoms with Gasteiger partial charge in [-0.2, -0.15) is 0 Å². The molecule has 0 radical (unpaired) electrons. The van der Waals surface area contributed by atoms with E-state index in [1.807, 2.05) is 0 Å². The lowest BCUT2D eigenvalue weighted by atomic mass is 10.0. The van der Waals surface area contributed by atoms with Crippen LogP contribution < -0.4 is 5.32 Å². The van der Waals surface area contributed by atoms with Crippen LogP contribution in [-0.2, 0) is 0 Å². The fraction of sp³-hybridized carbons (Fsp3) is 0.625. The van der Waals surface area contributed by atoms with Gasteiger partial charge in [-0.3, -0.25) is 0 Å². The third-order valence-electron chi connectivity index (χ3n) is 3.32. The summed E-state index contributed by atoms with van der Waals surface area (Å²) in [6, 6.07) is 11.8. The Morgan fingerprint density at radius 1 is 1.00 bits per heavy atom. The lowest BCUT2D eigenvalue weighted by Crippen LogP contribution is -2.28. The van der Waals surface area contributed by atoms with E-state index in [-0.39, 0.29) is 0 Å². The number of hydrogen-bond acceptors (Lipinski definition) is 1. The molecule has 2 atom stereocenters. The van der Waals surface area contributed by atoms with Crippen molar-refractivity contribution in [3.63, 3.8) is 0 Å². The molecular formula is C16H27N. The predicted molar refractivity (Wildman–Crippen MR) is 76.2 cm³/mol. The van der Waals surface area contributed by atoms with Gasteiger partial charge in [-0.25, -0.2) is 0 Å². The van der Waals surface area contributed by atoms with Crippen LogP contribution in [0.15, 0.2) is 30.3 Å². The van der Waals surface area contributed by atoms with Gasteiger partial charge in [0, 0.05) is 12.1 Å². The average molecular weight is 233 g/mol. The Morgan fingerprint density at radius 2 is 1.71 bits per heavy atom. The second kappa shape index (κ2) is 8.30. The van der Waals surface area contributed by atoms with Crippen LogP contribution in [0.4, 0.5) is 0 Å². The zero-order valence-corrected chi connectivity index (χ0v) is 11.6. The summed E-state index contributed by atoms with van der Waals surface area (Å²) in [5.41, 5.74) is 1.38. The van der Waals surface area contributed by atoms with Crippen molar-refractivity contribution in [3.05, 3.63) is 35.9 Å². The summed E-state index contributed by atoms with van der Waals surface area (Å²) >= 11 is 0. The van der Waals surface area contributed by atoms with Crippen molar-refractivity contribution in [3.8, 4) is 0 Å². The fourth-order valence-corrected chi connectivity index (χ4v) is 2.23. The Balaban J connectivity index is 2.24. The molecule has 0 saturated heterocycles. The minimum atomic E-state index is 0.456. The number of nitrogens with one attached hydrogen (secondary N) is 1. The summed E-state index contributed by atoms with van der Waals surface area (Å²) in [4.78, 5) is 0. The summed E-state index contributed by atoms with van der Waals surface area (Å²) in [6.45, 7) is 6.81. The summed E-state index contributed by atoms with van der Waals surface area (Å²) in [6.07, 6.45) is 6.71. The van der Waals surface area contributed by atoms with Crippen LogP contribution in [-0.4, -0.2) is 6.04 Å². The molecule has 0 heterocycles. The van der Waals surface area contributed by atoms with E-state index in [0.29, 0.717) is 12.1 Å². The Morgan fingerprint density at radius 3 is 2.35 bits per heavy atom. The zero-order chi connectivity index (χ0) is 12.5. The van der Waals surface area contributed by atoms with Gasteiger partial charge in [0.15, 0.2) is 0 Å². The summed E-state index contributed by atoms with van der Waals surface area (Å²) in [5, 5.41) is 3.67. The third kappa shape index (κ3) is 5.88. The molecule has 0 spiro atoms. The number of unbranched alkanes of at least 4 members (excludes halogenated alkanes) is 3. The Hall–Kier alpha value is -0.820. The molecule has 1 N–H and O–H groups in total. The molecule has 0 unspecified atom stereocenters. The minimum absolute atomic E-state index is 0.456. The fourth-order valence-electron chi connectivity index (χ4n) is 2.23. The van der Waals surface area contributed by atoms with Crippen molar-refractivity contribution < 1.29 is 0 Å². The average Bonchev–Trinajstić information content (AvgIpc) is 2.36. The molecule has 1 nitrogen and oxygen atoms in total. The molecule has 0 aliphatic carbocycles. The number of hydrogen-bond donors (Lipinski definition) is 1. The highest BCUT2D eigenvalue weighted by Gasteiger charge is 2.08. The Bertz CT molecular complexity index is 281. The van der Waals surface area contributed by atoms with Crippen LogP contribution in [0.3, 0.4) is 0 Å². The van der Waals surface area contributed by atoms with E-state index in [1.165, 1.54) is 37.7 Å². The highest BCUT2D eigenvalue weighted by molar-refractivity contribution is 5.18. The number of rotatable bonds is 8. The Kier molecular flexibility index (Phi) is 6.95. The van der Waals surface area contributed by atoms with Gasteiger partial charge in [0.2, 0.25) is 0 Å². The summed E-state index contributed by atoms with van der Waals surface area (Å²) < 4.78 is 0. The molecule has 96 valence electrons. The monoisotopic (exact) mass is 233 g/mol. The van der Waals surface area contributed by atoms with Gasteiger partial charge in [0.25, 0.3) is 0 Å². The first-order valence-electron chi connectivity index (χ1n) is 7.05. The largest absolute Gasteiger partial charge is 0.308 e. The van der Waals surface area contributed by atoms with Gasteiger partial charge < -0.3 is 5.32 Å². The topological polar surface area (TPSA) is 12.0 Å². The number of benzene rings is 1. The van der Waals surface area contributed by atoms with Gasteiger partial charge in [-0.05, 0) is 25.8 Å². The van der Waals surface area contributed by atoms with Crippen LogP contribution in [0, 0.1) is 0 Å². The molecule has 1 aromatic carbocycles. The van der Waals surface area contributed by atoms with Gasteiger partial charge >= 0.3 is 0 Å². The lowest BCUT2D eigenvalue weighted by molar-refractivity contribution is 0.438. The third-order valence-corrected chi connectivity index (χ3v) is 3.32. The molecule has 0 bridgehead atoms. The standard InChI is InChI=1S/C16H27N/c1-4-5-6-8-11-14(2)17-15(3)16-12-9-7-10-13-16/h7,9-10,12-15,17H,4-6,8,11H2,1-3H3/t14-,15-/m0/s1. The first-order valence-corrected chi connectivity index (χ1v) is 7.05. The van der Waals surface area contributed by atoms with Crippen molar-refractivity contribution >= 4 is 0 Å². The van der Waals surface area contributed by atoms with Crippen molar-refractivity contribution in [2.75, 3.05) is 0 Å². The summed E-state index contributed by atoms with van der Waals surface area (Å²) in [7, 11) is 0. The summed E-state index contributed by atoms with van der Waals surface area (Å²) in [5.74, 6) is 0. The van der Waals surface area contributed by atoms with Crippen LogP contribution in [0.2, 0.25) is 0 Å². The normalized spacial score (nSPS) is 14.5. The van der Waals surface area contributed by atoms with Crippen LogP contribution in [0.1, 0.15) is 64.5 Å². The zero-order valence-electron chi connectivity index (χ0n) is 11.6. The quantitative estimate of drug-likeness (QED) is 0.642. The molecule has 0 saturated carbocycles. The first-order chi connectivity index (χ1) is 8.24. The lowest BCUT2D eigenvalue weighted by Gasteiger charge is -2.20. The van der Waals surface area contributed by atoms with Crippen molar-refractivity contribution in [2.45, 2.75) is 65.0 Å². The molecule has 1 aromatic rings. The maximum absolute atomic E-state index is 3.67. The molecule has 0 aliphatic rings. The van der Waals surface area contributed by atoms with Crippen molar-refractivity contribution in [1.29, 1.82) is 0 Å². The van der Waals surface area contributed by atoms with E-state index in [4.69, 9.17) is 0 Å². The van der Waals surface area contributed by atoms with E-state index in [9.17, 15) is 0 Å². The molecule has 0 aliphatic heterocycles. The predicted octanol–water partition coefficient (Wildman–Crippen LogP) is 4.70. The van der Waals surface area contributed by atoms with E-state index in [2.05, 4.69) is 56.4 Å². The second-order valence-corrected chi connectivity index (χ2v) is 5.05. The van der Waals surface area contributed by atoms with Crippen LogP contribution >= 0.6 is 0 Å². The highest BCUT2D eigenvalue weighted by atomic mass is 14.9. The van der Waals surface area contributed by atoms with E-state index in [0.717, 1.165) is 0 Å². The van der Waals surface area contributed by atoms with E-state index in [1.54, 1.807) is 0 Å². The van der Waals surface area contributed by atoms with Crippen molar-refractivity contribution in [2.24, 2.45) is 0 Å². The van der Waals surface area contributed by atoms with Crippen LogP contribution in [0.5, 0.6) is 0 Å². The molecule has 1 rings (SSSR count). The maximum atomic E-state index is 3.67. The SMILES string of the molecule is CCCCCC[C@H](C)N[C@@H](C)c1ccccc1. The molecular weight excluding hydrogens is 206 g/mol. The molecule has 0 fully saturated rings. The smallest absolute Gasteiger partial charge is 0.0294 e. The molecule has 1 heteroatoms. The van der Waals surface area contributed by atoms with Gasteiger partial charge in [0.05, 0.1) is 0 Å². The van der Waals surface area contributed by atoms with Gasteiger partial charge in [0.1, 0.15) is 0 Å². The highest BCUT2D eigenvalue weighted by Crippen LogP contribution is 2.14. The first kappa shape index (κ1) is 14.2. The minimum Gasteiger partial charge on any atom is -0.308 e. The maximum Gasteiger partial charge on any atom is 0.0294 e. The molecule has 17 heavy (non-hydrogen) atoms. The van der Waals surface area contributed by atoms with Crippen LogP contribution in [0.25, 0.3) is 0 Å². The van der Waals surface area contributed by atoms with E-state index >= 15 is 0 Å². The van der Waals surface area contributed by atoms with Gasteiger partial charge in [-0.15, -0.1) is 0 Å². The second-order valence-electron chi connectivity index (χ2n) is 5.05. The molecule has 0 aromatic heterocycles. The Labute approximate surface area is 107 Å². The van der Waals surface area contributed by atoms with Crippen molar-refractivity contribution in [1.82, 2.24) is 5.32 Å².